The summed E-state index contributed by atoms with van der Waals surface area (Å²) in [6.07, 6.45) is 2.47. The van der Waals surface area contributed by atoms with Gasteiger partial charge in [-0.15, -0.1) is 0 Å². The molecule has 1 unspecified atom stereocenters. The fourth-order valence-electron chi connectivity index (χ4n) is 1.44. The van der Waals surface area contributed by atoms with Gasteiger partial charge >= 0.3 is 5.97 Å². The summed E-state index contributed by atoms with van der Waals surface area (Å²) in [6, 6.07) is -0.701. The van der Waals surface area contributed by atoms with Gasteiger partial charge in [-0.05, 0) is 25.2 Å². The van der Waals surface area contributed by atoms with Crippen molar-refractivity contribution in [3.05, 3.63) is 0 Å². The number of carbonyl (C=O) groups is 1. The monoisotopic (exact) mass is 173 g/mol. The molecule has 3 N–H and O–H groups in total. The largest absolute Gasteiger partial charge is 0.480 e. The van der Waals surface area contributed by atoms with Crippen LogP contribution in [0.15, 0.2) is 0 Å². The average Bonchev–Trinajstić information content (AvgIpc) is 2.06. The third-order valence-corrected chi connectivity index (χ3v) is 2.25. The molecule has 0 aliphatic carbocycles. The van der Waals surface area contributed by atoms with Gasteiger partial charge in [0.2, 0.25) is 0 Å². The van der Waals surface area contributed by atoms with Crippen molar-refractivity contribution in [2.75, 3.05) is 13.2 Å². The number of rotatable bonds is 3. The number of carboxylic acid groups (broad SMARTS) is 1. The van der Waals surface area contributed by atoms with Crippen molar-refractivity contribution in [2.24, 2.45) is 11.7 Å². The van der Waals surface area contributed by atoms with Crippen LogP contribution in [-0.4, -0.2) is 30.3 Å². The molecule has 1 rings (SSSR count). The molecule has 1 fully saturated rings. The maximum Gasteiger partial charge on any atom is 0.320 e. The normalized spacial score (nSPS) is 22.1. The minimum atomic E-state index is -0.901. The molecule has 0 saturated carbocycles. The molecule has 12 heavy (non-hydrogen) atoms. The summed E-state index contributed by atoms with van der Waals surface area (Å²) in [4.78, 5) is 10.4. The summed E-state index contributed by atoms with van der Waals surface area (Å²) < 4.78 is 5.15. The summed E-state index contributed by atoms with van der Waals surface area (Å²) in [5.74, 6) is -0.466. The highest BCUT2D eigenvalue weighted by atomic mass is 16.5. The Labute approximate surface area is 71.7 Å². The second-order valence-electron chi connectivity index (χ2n) is 3.24. The predicted molar refractivity (Wildman–Crippen MR) is 43.8 cm³/mol. The van der Waals surface area contributed by atoms with Crippen LogP contribution in [0.5, 0.6) is 0 Å². The number of aliphatic carboxylic acids is 1. The first kappa shape index (κ1) is 9.48. The Morgan fingerprint density at radius 1 is 1.58 bits per heavy atom. The van der Waals surface area contributed by atoms with E-state index in [2.05, 4.69) is 0 Å². The number of hydrogen-bond donors (Lipinski definition) is 2. The molecule has 70 valence electrons. The Bertz CT molecular complexity index is 154. The average molecular weight is 173 g/mol. The van der Waals surface area contributed by atoms with Crippen molar-refractivity contribution in [2.45, 2.75) is 25.3 Å². The lowest BCUT2D eigenvalue weighted by atomic mass is 9.93. The van der Waals surface area contributed by atoms with Gasteiger partial charge in [0.1, 0.15) is 6.04 Å². The molecular weight excluding hydrogens is 158 g/mol. The quantitative estimate of drug-likeness (QED) is 0.640. The van der Waals surface area contributed by atoms with Crippen molar-refractivity contribution in [1.29, 1.82) is 0 Å². The molecule has 0 bridgehead atoms. The highest BCUT2D eigenvalue weighted by molar-refractivity contribution is 5.73. The van der Waals surface area contributed by atoms with Gasteiger partial charge in [-0.1, -0.05) is 0 Å². The molecule has 1 heterocycles. The predicted octanol–water partition coefficient (Wildman–Crippen LogP) is 0.215. The molecule has 0 aromatic rings. The number of carboxylic acids is 1. The Morgan fingerprint density at radius 3 is 2.67 bits per heavy atom. The molecule has 0 amide bonds. The van der Waals surface area contributed by atoms with Crippen LogP contribution in [0.25, 0.3) is 0 Å². The Kier molecular flexibility index (Phi) is 3.49. The molecule has 1 saturated heterocycles. The smallest absolute Gasteiger partial charge is 0.320 e. The number of nitrogens with two attached hydrogens (primary N) is 1. The second-order valence-corrected chi connectivity index (χ2v) is 3.24. The number of hydrogen-bond acceptors (Lipinski definition) is 3. The zero-order valence-corrected chi connectivity index (χ0v) is 7.03. The molecule has 4 nitrogen and oxygen atoms in total. The molecule has 0 radical (unpaired) electrons. The maximum atomic E-state index is 10.4. The van der Waals surface area contributed by atoms with E-state index in [9.17, 15) is 4.79 Å². The molecular formula is C8H15NO3. The van der Waals surface area contributed by atoms with Gasteiger partial charge in [-0.25, -0.2) is 0 Å². The van der Waals surface area contributed by atoms with Crippen molar-refractivity contribution >= 4 is 5.97 Å². The van der Waals surface area contributed by atoms with Gasteiger partial charge < -0.3 is 15.6 Å². The maximum absolute atomic E-state index is 10.4. The van der Waals surface area contributed by atoms with Crippen LogP contribution in [0.4, 0.5) is 0 Å². The molecule has 0 aromatic carbocycles. The highest BCUT2D eigenvalue weighted by Gasteiger charge is 2.20. The Balaban J connectivity index is 2.24. The third kappa shape index (κ3) is 2.79. The van der Waals surface area contributed by atoms with Crippen LogP contribution in [-0.2, 0) is 9.53 Å². The summed E-state index contributed by atoms with van der Waals surface area (Å²) in [5.41, 5.74) is 5.41. The van der Waals surface area contributed by atoms with E-state index in [1.807, 2.05) is 0 Å². The summed E-state index contributed by atoms with van der Waals surface area (Å²) in [5, 5.41) is 8.56. The molecule has 1 aliphatic rings. The van der Waals surface area contributed by atoms with Gasteiger partial charge in [0.15, 0.2) is 0 Å². The van der Waals surface area contributed by atoms with Crippen LogP contribution >= 0.6 is 0 Å². The zero-order valence-electron chi connectivity index (χ0n) is 7.03. The van der Waals surface area contributed by atoms with Gasteiger partial charge in [0.05, 0.1) is 0 Å². The van der Waals surface area contributed by atoms with Crippen molar-refractivity contribution in [3.8, 4) is 0 Å². The van der Waals surface area contributed by atoms with E-state index >= 15 is 0 Å². The topological polar surface area (TPSA) is 72.5 Å². The van der Waals surface area contributed by atoms with Gasteiger partial charge in [0, 0.05) is 13.2 Å². The first-order valence-corrected chi connectivity index (χ1v) is 4.26. The molecule has 0 aromatic heterocycles. The van der Waals surface area contributed by atoms with Crippen molar-refractivity contribution in [3.63, 3.8) is 0 Å². The van der Waals surface area contributed by atoms with Crippen LogP contribution in [0.3, 0.4) is 0 Å². The number of ether oxygens (including phenoxy) is 1. The van der Waals surface area contributed by atoms with E-state index in [1.54, 1.807) is 0 Å². The third-order valence-electron chi connectivity index (χ3n) is 2.25. The van der Waals surface area contributed by atoms with Gasteiger partial charge in [0.25, 0.3) is 0 Å². The van der Waals surface area contributed by atoms with E-state index in [4.69, 9.17) is 15.6 Å². The summed E-state index contributed by atoms with van der Waals surface area (Å²) in [7, 11) is 0. The molecule has 4 heteroatoms. The fraction of sp³-hybridized carbons (Fsp3) is 0.875. The van der Waals surface area contributed by atoms with E-state index < -0.39 is 12.0 Å². The van der Waals surface area contributed by atoms with Crippen LogP contribution in [0.2, 0.25) is 0 Å². The van der Waals surface area contributed by atoms with Crippen LogP contribution < -0.4 is 5.73 Å². The van der Waals surface area contributed by atoms with Gasteiger partial charge in [-0.2, -0.15) is 0 Å². The van der Waals surface area contributed by atoms with E-state index in [0.29, 0.717) is 12.3 Å². The molecule has 1 aliphatic heterocycles. The lowest BCUT2D eigenvalue weighted by Gasteiger charge is -2.23. The Hall–Kier alpha value is -0.610. The standard InChI is InChI=1S/C8H15NO3/c9-7(8(10)11)5-6-1-3-12-4-2-6/h6-7H,1-5,9H2,(H,10,11). The molecule has 1 atom stereocenters. The lowest BCUT2D eigenvalue weighted by molar-refractivity contribution is -0.139. The van der Waals surface area contributed by atoms with E-state index in [0.717, 1.165) is 26.1 Å². The zero-order chi connectivity index (χ0) is 8.97. The lowest BCUT2D eigenvalue weighted by Crippen LogP contribution is -2.33. The van der Waals surface area contributed by atoms with Crippen molar-refractivity contribution in [1.82, 2.24) is 0 Å². The van der Waals surface area contributed by atoms with E-state index in [-0.39, 0.29) is 0 Å². The highest BCUT2D eigenvalue weighted by Crippen LogP contribution is 2.19. The van der Waals surface area contributed by atoms with Crippen molar-refractivity contribution < 1.29 is 14.6 Å². The van der Waals surface area contributed by atoms with Crippen LogP contribution in [0.1, 0.15) is 19.3 Å². The second kappa shape index (κ2) is 4.42. The minimum absolute atomic E-state index is 0.435. The first-order valence-electron chi connectivity index (χ1n) is 4.26. The van der Waals surface area contributed by atoms with Crippen LogP contribution in [0, 0.1) is 5.92 Å². The van der Waals surface area contributed by atoms with Gasteiger partial charge in [-0.3, -0.25) is 4.79 Å². The fourth-order valence-corrected chi connectivity index (χ4v) is 1.44. The minimum Gasteiger partial charge on any atom is -0.480 e. The van der Waals surface area contributed by atoms with E-state index in [1.165, 1.54) is 0 Å². The SMILES string of the molecule is NC(CC1CCOCC1)C(=O)O. The summed E-state index contributed by atoms with van der Waals surface area (Å²) in [6.45, 7) is 1.49. The molecule has 0 spiro atoms. The Morgan fingerprint density at radius 2 is 2.17 bits per heavy atom. The first-order chi connectivity index (χ1) is 5.70. The summed E-state index contributed by atoms with van der Waals surface area (Å²) >= 11 is 0.